The minimum Gasteiger partial charge on any atom is -0.311 e. The van der Waals surface area contributed by atoms with Gasteiger partial charge in [-0.3, -0.25) is 0 Å². The molecular formula is C105H62B4N4. The lowest BCUT2D eigenvalue weighted by Gasteiger charge is -2.41. The fourth-order valence-electron chi connectivity index (χ4n) is 24.1. The first-order valence-corrected chi connectivity index (χ1v) is 40.4. The summed E-state index contributed by atoms with van der Waals surface area (Å²) in [4.78, 5) is 8.05. The highest BCUT2D eigenvalue weighted by molar-refractivity contribution is 7.05. The van der Waals surface area contributed by atoms with Crippen molar-refractivity contribution >= 4 is 230 Å². The maximum atomic E-state index is 2.72. The number of rotatable bonds is 5. The second-order valence-electron chi connectivity index (χ2n) is 32.9. The summed E-state index contributed by atoms with van der Waals surface area (Å²) >= 11 is 0. The number of nitrogens with zero attached hydrogens (tertiary/aromatic N) is 4. The molecule has 20 aromatic rings. The molecule has 1 unspecified atom stereocenters. The third kappa shape index (κ3) is 7.24. The van der Waals surface area contributed by atoms with Gasteiger partial charge in [0.15, 0.2) is 0 Å². The van der Waals surface area contributed by atoms with Crippen LogP contribution in [0.15, 0.2) is 345 Å². The van der Waals surface area contributed by atoms with Crippen molar-refractivity contribution in [1.82, 2.24) is 4.57 Å². The first-order valence-electron chi connectivity index (χ1n) is 40.4. The normalized spacial score (nSPS) is 15.3. The summed E-state index contributed by atoms with van der Waals surface area (Å²) in [7, 11) is 0. The van der Waals surface area contributed by atoms with Crippen LogP contribution < -0.4 is 74.8 Å². The standard InChI is InChI=1S/C105H62B4N4/c1-59-27-20-51-82-88(59)93-65(55-56-86-100(93)109(82)99-74-44-23-45-75-91(74)90-72(42-22-46-76(90)103(99)111(86)63-32-10-4-11-33-63)97-102(75)110(62-30-8-3-9-31-62)85-54-26-39-69-66-36-14-17-49-80(66)107(97)94(69)85)60-57-79-67-37-15-18-50-81(67)108-95(79)87(58-60)112(64-34-12-5-13-35-64)104-77-47-21-41-71-89(77)92-73(98(104)108)43-24-48-78(92)105-96(71)106(61-28-6-2-7-29-61)83-52-25-40-70-68-38-16-19-53-84(68)113(105)101(70)83/h2-26,28-59H,27H2,1H3. The van der Waals surface area contributed by atoms with Gasteiger partial charge in [0.1, 0.15) is 0 Å². The molecule has 0 saturated carbocycles. The summed E-state index contributed by atoms with van der Waals surface area (Å²) < 4.78 is 2.66. The lowest BCUT2D eigenvalue weighted by atomic mass is 9.34. The summed E-state index contributed by atoms with van der Waals surface area (Å²) in [5, 5.41) is 18.3. The maximum absolute atomic E-state index is 2.72. The van der Waals surface area contributed by atoms with Crippen LogP contribution in [0.4, 0.5) is 51.2 Å². The highest BCUT2D eigenvalue weighted by atomic mass is 15.2. The Kier molecular flexibility index (Phi) is 11.4. The minimum absolute atomic E-state index is 0.0234. The van der Waals surface area contributed by atoms with Crippen molar-refractivity contribution in [2.24, 2.45) is 5.92 Å². The number of fused-ring (bicyclic) bond motifs is 27. The fraction of sp³-hybridized carbons (Fsp3) is 0.0286. The molecule has 0 bridgehead atoms. The van der Waals surface area contributed by atoms with E-state index in [1.807, 2.05) is 0 Å². The maximum Gasteiger partial charge on any atom is 0.249 e. The first kappa shape index (κ1) is 60.1. The summed E-state index contributed by atoms with van der Waals surface area (Å²) in [5.74, 6) is 0.251. The Labute approximate surface area is 654 Å². The molecule has 0 N–H and O–H groups in total. The van der Waals surface area contributed by atoms with E-state index in [-0.39, 0.29) is 32.8 Å². The van der Waals surface area contributed by atoms with E-state index in [0.29, 0.717) is 0 Å². The molecule has 113 heavy (non-hydrogen) atoms. The van der Waals surface area contributed by atoms with E-state index in [2.05, 4.69) is 366 Å². The predicted molar refractivity (Wildman–Crippen MR) is 484 cm³/mol. The van der Waals surface area contributed by atoms with E-state index in [1.54, 1.807) is 0 Å². The zero-order chi connectivity index (χ0) is 73.1. The van der Waals surface area contributed by atoms with Crippen LogP contribution >= 0.6 is 0 Å². The van der Waals surface area contributed by atoms with E-state index in [4.69, 9.17) is 0 Å². The third-order valence-corrected chi connectivity index (χ3v) is 27.9. The van der Waals surface area contributed by atoms with Crippen molar-refractivity contribution in [1.29, 1.82) is 0 Å². The molecular weight excluding hydrogens is 1360 g/mol. The van der Waals surface area contributed by atoms with Crippen LogP contribution in [0.25, 0.3) is 131 Å². The van der Waals surface area contributed by atoms with Crippen molar-refractivity contribution in [3.05, 3.63) is 351 Å². The fourth-order valence-corrected chi connectivity index (χ4v) is 24.1. The summed E-state index contributed by atoms with van der Waals surface area (Å²) in [6.45, 7) is 2.41. The van der Waals surface area contributed by atoms with Gasteiger partial charge in [-0.15, -0.1) is 0 Å². The van der Waals surface area contributed by atoms with E-state index < -0.39 is 0 Å². The molecule has 4 nitrogen and oxygen atoms in total. The molecule has 0 saturated heterocycles. The average molecular weight is 1420 g/mol. The van der Waals surface area contributed by atoms with Crippen molar-refractivity contribution in [3.8, 4) is 39.1 Å². The quantitative estimate of drug-likeness (QED) is 0.126. The largest absolute Gasteiger partial charge is 0.311 e. The van der Waals surface area contributed by atoms with Crippen LogP contribution in [0.1, 0.15) is 18.9 Å². The Balaban J connectivity index is 0.721. The second kappa shape index (κ2) is 21.4. The Hall–Kier alpha value is -13.8. The number of hydrogen-bond acceptors (Lipinski definition) is 3. The molecule has 1 aliphatic carbocycles. The van der Waals surface area contributed by atoms with Gasteiger partial charge in [-0.05, 0) is 210 Å². The Morgan fingerprint density at radius 1 is 0.292 bits per heavy atom. The van der Waals surface area contributed by atoms with Gasteiger partial charge in [0, 0.05) is 94.7 Å². The summed E-state index contributed by atoms with van der Waals surface area (Å²) in [5.41, 5.74) is 42.1. The number of allylic oxidation sites excluding steroid dienone is 4. The van der Waals surface area contributed by atoms with Crippen molar-refractivity contribution < 1.29 is 0 Å². The molecule has 0 radical (unpaired) electrons. The topological polar surface area (TPSA) is 14.7 Å². The lowest BCUT2D eigenvalue weighted by Crippen LogP contribution is -2.56. The summed E-state index contributed by atoms with van der Waals surface area (Å²) in [6, 6.07) is 127. The Bertz CT molecular complexity index is 7840. The summed E-state index contributed by atoms with van der Waals surface area (Å²) in [6.07, 6.45) is 6.02. The molecule has 8 heterocycles. The smallest absolute Gasteiger partial charge is 0.249 e. The molecule has 1 aromatic heterocycles. The lowest BCUT2D eigenvalue weighted by molar-refractivity contribution is 0.758. The van der Waals surface area contributed by atoms with Crippen LogP contribution in [0, 0.1) is 5.92 Å². The zero-order valence-corrected chi connectivity index (χ0v) is 61.7. The molecule has 0 spiro atoms. The zero-order valence-electron chi connectivity index (χ0n) is 61.7. The molecule has 28 rings (SSSR count). The monoisotopic (exact) mass is 1420 g/mol. The first-order chi connectivity index (χ1) is 56.1. The SMILES string of the molecule is CC1CC=CC2=C1c1c(-c3cc4c5c(c3)N(c3ccccc3)c3c(c6cccc7c8c(c9cccc3c9c67)B(c3ccccc3)c3cccc6c7ccccc7n-8c36)B5c3ccccc3-4)ccc3c1B2c1c(c2cccc4c5c(c6cccc1c6c42)N(c1ccccc1)c1cccc2c1B5c1ccccc1-2)N3c1ccccc1. The minimum atomic E-state index is -0.0657. The predicted octanol–water partition coefficient (Wildman–Crippen LogP) is 18.9. The van der Waals surface area contributed by atoms with Gasteiger partial charge in [-0.2, -0.15) is 0 Å². The van der Waals surface area contributed by atoms with Crippen LogP contribution in [0.2, 0.25) is 0 Å². The van der Waals surface area contributed by atoms with Gasteiger partial charge in [-0.1, -0.05) is 302 Å². The Morgan fingerprint density at radius 3 is 1.33 bits per heavy atom. The molecule has 8 aliphatic rings. The molecule has 1 atom stereocenters. The van der Waals surface area contributed by atoms with Gasteiger partial charge in [0.2, 0.25) is 26.9 Å². The van der Waals surface area contributed by atoms with Gasteiger partial charge in [0.25, 0.3) is 0 Å². The van der Waals surface area contributed by atoms with Crippen LogP contribution in [-0.2, 0) is 0 Å². The van der Waals surface area contributed by atoms with E-state index in [0.717, 1.165) is 17.8 Å². The number of aromatic nitrogens is 1. The molecule has 19 aromatic carbocycles. The highest BCUT2D eigenvalue weighted by Gasteiger charge is 2.52. The third-order valence-electron chi connectivity index (χ3n) is 27.9. The number of anilines is 9. The van der Waals surface area contributed by atoms with Crippen molar-refractivity contribution in [2.45, 2.75) is 13.3 Å². The van der Waals surface area contributed by atoms with E-state index >= 15 is 0 Å². The van der Waals surface area contributed by atoms with E-state index in [9.17, 15) is 0 Å². The Morgan fingerprint density at radius 2 is 0.726 bits per heavy atom. The van der Waals surface area contributed by atoms with Crippen LogP contribution in [0.3, 0.4) is 0 Å². The van der Waals surface area contributed by atoms with E-state index in [1.165, 1.54) is 242 Å². The number of benzene rings is 19. The second-order valence-corrected chi connectivity index (χ2v) is 32.9. The number of hydrogen-bond donors (Lipinski definition) is 0. The molecule has 7 aliphatic heterocycles. The van der Waals surface area contributed by atoms with Gasteiger partial charge < -0.3 is 19.3 Å². The molecule has 0 fully saturated rings. The number of para-hydroxylation sites is 5. The molecule has 8 heteroatoms. The van der Waals surface area contributed by atoms with Crippen LogP contribution in [-0.4, -0.2) is 31.4 Å². The van der Waals surface area contributed by atoms with Crippen LogP contribution in [0.5, 0.6) is 0 Å². The molecule has 0 amide bonds. The highest BCUT2D eigenvalue weighted by Crippen LogP contribution is 2.57. The molecule has 514 valence electrons. The van der Waals surface area contributed by atoms with Crippen molar-refractivity contribution in [3.63, 3.8) is 0 Å². The average Bonchev–Trinajstić information content (AvgIpc) is 1.64. The van der Waals surface area contributed by atoms with Gasteiger partial charge in [-0.25, -0.2) is 0 Å². The van der Waals surface area contributed by atoms with Gasteiger partial charge in [0.05, 0.1) is 5.52 Å². The van der Waals surface area contributed by atoms with Crippen molar-refractivity contribution in [2.75, 3.05) is 14.7 Å². The van der Waals surface area contributed by atoms with Gasteiger partial charge >= 0.3 is 0 Å².